The molecular formula is C16H25ClN2O. The molecule has 0 amide bonds. The van der Waals surface area contributed by atoms with Crippen molar-refractivity contribution >= 4 is 11.6 Å². The summed E-state index contributed by atoms with van der Waals surface area (Å²) < 4.78 is 5.78. The first-order chi connectivity index (χ1) is 9.58. The van der Waals surface area contributed by atoms with E-state index >= 15 is 0 Å². The second kappa shape index (κ2) is 7.41. The Balaban J connectivity index is 1.89. The van der Waals surface area contributed by atoms with E-state index in [1.54, 1.807) is 0 Å². The second-order valence-electron chi connectivity index (χ2n) is 5.70. The van der Waals surface area contributed by atoms with Crippen molar-refractivity contribution in [3.05, 3.63) is 34.9 Å². The van der Waals surface area contributed by atoms with Gasteiger partial charge in [-0.1, -0.05) is 23.7 Å². The number of nitrogens with zero attached hydrogens (tertiary/aromatic N) is 1. The van der Waals surface area contributed by atoms with Gasteiger partial charge in [0.1, 0.15) is 0 Å². The molecule has 1 unspecified atom stereocenters. The van der Waals surface area contributed by atoms with Crippen LogP contribution in [0.15, 0.2) is 24.3 Å². The number of morpholine rings is 1. The summed E-state index contributed by atoms with van der Waals surface area (Å²) in [5.41, 5.74) is 1.30. The van der Waals surface area contributed by atoms with Gasteiger partial charge in [-0.05, 0) is 45.0 Å². The predicted octanol–water partition coefficient (Wildman–Crippen LogP) is 3.10. The Morgan fingerprint density at radius 2 is 1.85 bits per heavy atom. The van der Waals surface area contributed by atoms with Crippen molar-refractivity contribution in [2.24, 2.45) is 0 Å². The topological polar surface area (TPSA) is 24.5 Å². The van der Waals surface area contributed by atoms with Crippen LogP contribution in [0.5, 0.6) is 0 Å². The third-order valence-corrected chi connectivity index (χ3v) is 4.10. The Kier molecular flexibility index (Phi) is 5.85. The summed E-state index contributed by atoms with van der Waals surface area (Å²) in [6.45, 7) is 7.45. The molecular weight excluding hydrogens is 272 g/mol. The Bertz CT molecular complexity index is 399. The molecule has 1 aromatic carbocycles. The quantitative estimate of drug-likeness (QED) is 0.903. The molecule has 112 valence electrons. The average molecular weight is 297 g/mol. The second-order valence-corrected chi connectivity index (χ2v) is 6.13. The van der Waals surface area contributed by atoms with Crippen LogP contribution in [0.4, 0.5) is 0 Å². The molecule has 1 aromatic rings. The van der Waals surface area contributed by atoms with Crippen LogP contribution in [-0.4, -0.2) is 43.8 Å². The van der Waals surface area contributed by atoms with E-state index in [0.717, 1.165) is 31.1 Å². The lowest BCUT2D eigenvalue weighted by Crippen LogP contribution is -2.46. The zero-order chi connectivity index (χ0) is 14.5. The van der Waals surface area contributed by atoms with E-state index in [2.05, 4.69) is 36.2 Å². The standard InChI is InChI=1S/C16H25ClN2O/c1-12-10-19(11-13(2)20-12)9-8-16(18-3)14-4-6-15(17)7-5-14/h4-7,12-13,16,18H,8-11H2,1-3H3/t12-,13+,16?. The highest BCUT2D eigenvalue weighted by atomic mass is 35.5. The molecule has 3 nitrogen and oxygen atoms in total. The highest BCUT2D eigenvalue weighted by molar-refractivity contribution is 6.30. The van der Waals surface area contributed by atoms with E-state index in [1.807, 2.05) is 19.2 Å². The van der Waals surface area contributed by atoms with Crippen molar-refractivity contribution in [3.8, 4) is 0 Å². The number of rotatable bonds is 5. The fraction of sp³-hybridized carbons (Fsp3) is 0.625. The number of nitrogens with one attached hydrogen (secondary N) is 1. The van der Waals surface area contributed by atoms with Gasteiger partial charge in [0.25, 0.3) is 0 Å². The van der Waals surface area contributed by atoms with Crippen LogP contribution in [0.25, 0.3) is 0 Å². The summed E-state index contributed by atoms with van der Waals surface area (Å²) in [5, 5.41) is 4.19. The molecule has 2 rings (SSSR count). The smallest absolute Gasteiger partial charge is 0.0678 e. The van der Waals surface area contributed by atoms with E-state index in [9.17, 15) is 0 Å². The molecule has 3 atom stereocenters. The largest absolute Gasteiger partial charge is 0.373 e. The highest BCUT2D eigenvalue weighted by Gasteiger charge is 2.22. The summed E-state index contributed by atoms with van der Waals surface area (Å²) in [4.78, 5) is 2.50. The van der Waals surface area contributed by atoms with Crippen LogP contribution in [0, 0.1) is 0 Å². The van der Waals surface area contributed by atoms with Gasteiger partial charge in [-0.3, -0.25) is 4.90 Å². The first kappa shape index (κ1) is 15.8. The summed E-state index contributed by atoms with van der Waals surface area (Å²) >= 11 is 5.95. The molecule has 0 spiro atoms. The number of ether oxygens (including phenoxy) is 1. The highest BCUT2D eigenvalue weighted by Crippen LogP contribution is 2.20. The third kappa shape index (κ3) is 4.45. The maximum Gasteiger partial charge on any atom is 0.0678 e. The molecule has 1 saturated heterocycles. The Hall–Kier alpha value is -0.610. The van der Waals surface area contributed by atoms with Gasteiger partial charge in [-0.2, -0.15) is 0 Å². The Morgan fingerprint density at radius 1 is 1.25 bits per heavy atom. The molecule has 0 aliphatic carbocycles. The van der Waals surface area contributed by atoms with Crippen molar-refractivity contribution in [1.82, 2.24) is 10.2 Å². The first-order valence-corrected chi connectivity index (χ1v) is 7.77. The van der Waals surface area contributed by atoms with Crippen molar-refractivity contribution < 1.29 is 4.74 Å². The lowest BCUT2D eigenvalue weighted by atomic mass is 10.0. The molecule has 0 bridgehead atoms. The molecule has 1 N–H and O–H groups in total. The first-order valence-electron chi connectivity index (χ1n) is 7.39. The number of halogens is 1. The van der Waals surface area contributed by atoms with Gasteiger partial charge < -0.3 is 10.1 Å². The van der Waals surface area contributed by atoms with E-state index in [0.29, 0.717) is 18.2 Å². The predicted molar refractivity (Wildman–Crippen MR) is 84.3 cm³/mol. The van der Waals surface area contributed by atoms with Crippen LogP contribution in [0.3, 0.4) is 0 Å². The molecule has 0 saturated carbocycles. The summed E-state index contributed by atoms with van der Waals surface area (Å²) in [7, 11) is 2.02. The van der Waals surface area contributed by atoms with Gasteiger partial charge in [0.2, 0.25) is 0 Å². The molecule has 0 radical (unpaired) electrons. The fourth-order valence-electron chi connectivity index (χ4n) is 2.95. The van der Waals surface area contributed by atoms with E-state index in [-0.39, 0.29) is 0 Å². The summed E-state index contributed by atoms with van der Waals surface area (Å²) in [6, 6.07) is 8.50. The fourth-order valence-corrected chi connectivity index (χ4v) is 3.08. The zero-order valence-electron chi connectivity index (χ0n) is 12.6. The molecule has 1 aliphatic heterocycles. The van der Waals surface area contributed by atoms with Crippen LogP contribution in [0.2, 0.25) is 5.02 Å². The van der Waals surface area contributed by atoms with Crippen molar-refractivity contribution in [2.75, 3.05) is 26.7 Å². The monoisotopic (exact) mass is 296 g/mol. The Labute approximate surface area is 127 Å². The summed E-state index contributed by atoms with van der Waals surface area (Å²) in [5.74, 6) is 0. The minimum atomic E-state index is 0.335. The molecule has 1 heterocycles. The van der Waals surface area contributed by atoms with Gasteiger partial charge in [0, 0.05) is 30.7 Å². The van der Waals surface area contributed by atoms with Crippen LogP contribution >= 0.6 is 11.6 Å². The van der Waals surface area contributed by atoms with E-state index < -0.39 is 0 Å². The van der Waals surface area contributed by atoms with E-state index in [1.165, 1.54) is 5.56 Å². The SMILES string of the molecule is CNC(CCN1C[C@@H](C)O[C@@H](C)C1)c1ccc(Cl)cc1. The number of hydrogen-bond acceptors (Lipinski definition) is 3. The van der Waals surface area contributed by atoms with Gasteiger partial charge >= 0.3 is 0 Å². The van der Waals surface area contributed by atoms with Crippen molar-refractivity contribution in [2.45, 2.75) is 38.5 Å². The zero-order valence-corrected chi connectivity index (χ0v) is 13.4. The van der Waals surface area contributed by atoms with E-state index in [4.69, 9.17) is 16.3 Å². The van der Waals surface area contributed by atoms with Crippen LogP contribution in [0.1, 0.15) is 31.9 Å². The third-order valence-electron chi connectivity index (χ3n) is 3.85. The average Bonchev–Trinajstić information content (AvgIpc) is 2.40. The lowest BCUT2D eigenvalue weighted by Gasteiger charge is -2.36. The molecule has 1 fully saturated rings. The molecule has 4 heteroatoms. The number of benzene rings is 1. The molecule has 1 aliphatic rings. The maximum absolute atomic E-state index is 5.95. The molecule has 20 heavy (non-hydrogen) atoms. The summed E-state index contributed by atoms with van der Waals surface area (Å²) in [6.07, 6.45) is 1.77. The number of hydrogen-bond donors (Lipinski definition) is 1. The lowest BCUT2D eigenvalue weighted by molar-refractivity contribution is -0.0685. The minimum absolute atomic E-state index is 0.335. The van der Waals surface area contributed by atoms with Gasteiger partial charge in [0.15, 0.2) is 0 Å². The van der Waals surface area contributed by atoms with Crippen LogP contribution in [-0.2, 0) is 4.74 Å². The van der Waals surface area contributed by atoms with Crippen LogP contribution < -0.4 is 5.32 Å². The van der Waals surface area contributed by atoms with Gasteiger partial charge in [0.05, 0.1) is 12.2 Å². The molecule has 0 aromatic heterocycles. The van der Waals surface area contributed by atoms with Crippen molar-refractivity contribution in [1.29, 1.82) is 0 Å². The van der Waals surface area contributed by atoms with Crippen molar-refractivity contribution in [3.63, 3.8) is 0 Å². The Morgan fingerprint density at radius 3 is 2.40 bits per heavy atom. The minimum Gasteiger partial charge on any atom is -0.373 e. The normalized spacial score (nSPS) is 25.6. The van der Waals surface area contributed by atoms with Gasteiger partial charge in [-0.15, -0.1) is 0 Å². The maximum atomic E-state index is 5.95. The van der Waals surface area contributed by atoms with Gasteiger partial charge in [-0.25, -0.2) is 0 Å².